The van der Waals surface area contributed by atoms with E-state index in [1.165, 1.54) is 0 Å². The predicted molar refractivity (Wildman–Crippen MR) is 78.7 cm³/mol. The molecule has 2 aromatic heterocycles. The Morgan fingerprint density at radius 3 is 2.57 bits per heavy atom. The first-order valence-electron chi connectivity index (χ1n) is 7.19. The molecular formula is C13H17N5O2S. The molecule has 1 aliphatic carbocycles. The van der Waals surface area contributed by atoms with Crippen LogP contribution in [-0.4, -0.2) is 58.8 Å². The topological polar surface area (TPSA) is 70.8 Å². The van der Waals surface area contributed by atoms with Gasteiger partial charge in [0.25, 0.3) is 0 Å². The van der Waals surface area contributed by atoms with Gasteiger partial charge >= 0.3 is 0 Å². The van der Waals surface area contributed by atoms with Crippen molar-refractivity contribution >= 4 is 21.5 Å². The third kappa shape index (κ3) is 2.28. The van der Waals surface area contributed by atoms with Crippen LogP contribution in [0, 0.1) is 0 Å². The first-order valence-corrected chi connectivity index (χ1v) is 8.69. The average molecular weight is 307 g/mol. The molecule has 2 aromatic rings. The Bertz CT molecular complexity index is 760. The van der Waals surface area contributed by atoms with E-state index in [4.69, 9.17) is 0 Å². The van der Waals surface area contributed by atoms with Gasteiger partial charge in [-0.3, -0.25) is 0 Å². The highest BCUT2D eigenvalue weighted by Gasteiger charge is 2.41. The number of rotatable bonds is 3. The molecule has 0 bridgehead atoms. The van der Waals surface area contributed by atoms with Crippen molar-refractivity contribution in [3.8, 4) is 0 Å². The van der Waals surface area contributed by atoms with Crippen molar-refractivity contribution in [3.63, 3.8) is 0 Å². The first kappa shape index (κ1) is 13.0. The molecule has 0 spiro atoms. The molecule has 0 radical (unpaired) electrons. The van der Waals surface area contributed by atoms with Crippen molar-refractivity contribution in [1.29, 1.82) is 0 Å². The minimum absolute atomic E-state index is 0.120. The van der Waals surface area contributed by atoms with Crippen molar-refractivity contribution in [1.82, 2.24) is 18.9 Å². The van der Waals surface area contributed by atoms with E-state index in [0.717, 1.165) is 24.3 Å². The molecule has 0 atom stereocenters. The number of nitrogens with zero attached hydrogens (tertiary/aromatic N) is 5. The van der Waals surface area contributed by atoms with E-state index in [2.05, 4.69) is 15.0 Å². The van der Waals surface area contributed by atoms with Gasteiger partial charge in [-0.05, 0) is 18.9 Å². The lowest BCUT2D eigenvalue weighted by Crippen LogP contribution is -2.49. The summed E-state index contributed by atoms with van der Waals surface area (Å²) in [5.41, 5.74) is 0.806. The van der Waals surface area contributed by atoms with E-state index >= 15 is 0 Å². The third-order valence-electron chi connectivity index (χ3n) is 4.11. The Kier molecular flexibility index (Phi) is 2.90. The van der Waals surface area contributed by atoms with Crippen molar-refractivity contribution < 1.29 is 8.42 Å². The van der Waals surface area contributed by atoms with Crippen LogP contribution < -0.4 is 4.90 Å². The molecule has 4 rings (SSSR count). The molecule has 112 valence electrons. The van der Waals surface area contributed by atoms with Crippen LogP contribution in [0.4, 0.5) is 5.82 Å². The number of fused-ring (bicyclic) bond motifs is 1. The molecule has 8 heteroatoms. The molecule has 0 unspecified atom stereocenters. The van der Waals surface area contributed by atoms with Gasteiger partial charge in [0.1, 0.15) is 5.82 Å². The summed E-state index contributed by atoms with van der Waals surface area (Å²) in [6, 6.07) is 3.78. The van der Waals surface area contributed by atoms with Gasteiger partial charge in [-0.25, -0.2) is 17.9 Å². The van der Waals surface area contributed by atoms with Gasteiger partial charge in [0.2, 0.25) is 10.0 Å². The Labute approximate surface area is 123 Å². The summed E-state index contributed by atoms with van der Waals surface area (Å²) in [6.45, 7) is 2.46. The molecule has 0 amide bonds. The zero-order valence-electron chi connectivity index (χ0n) is 11.6. The number of piperazine rings is 1. The fraction of sp³-hybridized carbons (Fsp3) is 0.538. The molecule has 2 fully saturated rings. The fourth-order valence-electron chi connectivity index (χ4n) is 2.73. The molecule has 0 N–H and O–H groups in total. The van der Waals surface area contributed by atoms with E-state index in [-0.39, 0.29) is 5.25 Å². The largest absolute Gasteiger partial charge is 0.354 e. The van der Waals surface area contributed by atoms with E-state index in [0.29, 0.717) is 26.2 Å². The number of anilines is 1. The summed E-state index contributed by atoms with van der Waals surface area (Å²) in [5, 5.41) is 4.00. The summed E-state index contributed by atoms with van der Waals surface area (Å²) >= 11 is 0. The Morgan fingerprint density at radius 2 is 1.86 bits per heavy atom. The van der Waals surface area contributed by atoms with Gasteiger partial charge in [-0.1, -0.05) is 0 Å². The number of sulfonamides is 1. The monoisotopic (exact) mass is 307 g/mol. The van der Waals surface area contributed by atoms with E-state index in [9.17, 15) is 8.42 Å². The summed E-state index contributed by atoms with van der Waals surface area (Å²) < 4.78 is 27.8. The minimum Gasteiger partial charge on any atom is -0.354 e. The van der Waals surface area contributed by atoms with Crippen LogP contribution in [0.25, 0.3) is 5.65 Å². The van der Waals surface area contributed by atoms with Crippen LogP contribution in [0.15, 0.2) is 24.5 Å². The van der Waals surface area contributed by atoms with Gasteiger partial charge in [0.05, 0.1) is 11.4 Å². The van der Waals surface area contributed by atoms with Gasteiger partial charge in [-0.2, -0.15) is 9.40 Å². The van der Waals surface area contributed by atoms with Gasteiger partial charge in [0.15, 0.2) is 5.65 Å². The highest BCUT2D eigenvalue weighted by Crippen LogP contribution is 2.31. The molecule has 1 saturated carbocycles. The zero-order chi connectivity index (χ0) is 14.4. The maximum absolute atomic E-state index is 12.2. The average Bonchev–Trinajstić information content (AvgIpc) is 3.26. The Balaban J connectivity index is 1.49. The summed E-state index contributed by atoms with van der Waals surface area (Å²) in [4.78, 5) is 6.68. The van der Waals surface area contributed by atoms with Crippen LogP contribution in [0.1, 0.15) is 12.8 Å². The summed E-state index contributed by atoms with van der Waals surface area (Å²) in [7, 11) is -3.05. The minimum atomic E-state index is -3.05. The lowest BCUT2D eigenvalue weighted by Gasteiger charge is -2.34. The van der Waals surface area contributed by atoms with E-state index in [1.807, 2.05) is 18.3 Å². The maximum atomic E-state index is 12.2. The second-order valence-corrected chi connectivity index (χ2v) is 7.76. The summed E-state index contributed by atoms with van der Waals surface area (Å²) in [6.07, 6.45) is 5.24. The highest BCUT2D eigenvalue weighted by molar-refractivity contribution is 7.90. The van der Waals surface area contributed by atoms with Gasteiger partial charge < -0.3 is 4.90 Å². The molecular weight excluding hydrogens is 290 g/mol. The molecule has 21 heavy (non-hydrogen) atoms. The van der Waals surface area contributed by atoms with Crippen LogP contribution >= 0.6 is 0 Å². The van der Waals surface area contributed by atoms with E-state index in [1.54, 1.807) is 15.0 Å². The van der Waals surface area contributed by atoms with Crippen molar-refractivity contribution in [2.75, 3.05) is 31.1 Å². The fourth-order valence-corrected chi connectivity index (χ4v) is 4.55. The van der Waals surface area contributed by atoms with Crippen LogP contribution in [-0.2, 0) is 10.0 Å². The van der Waals surface area contributed by atoms with Gasteiger partial charge in [-0.15, -0.1) is 0 Å². The second kappa shape index (κ2) is 4.67. The second-order valence-electron chi connectivity index (χ2n) is 5.55. The highest BCUT2D eigenvalue weighted by atomic mass is 32.2. The lowest BCUT2D eigenvalue weighted by molar-refractivity contribution is 0.383. The molecule has 2 aliphatic rings. The molecule has 3 heterocycles. The summed E-state index contributed by atoms with van der Waals surface area (Å²) in [5.74, 6) is 0.881. The smallest absolute Gasteiger partial charge is 0.217 e. The molecule has 7 nitrogen and oxygen atoms in total. The molecule has 1 aliphatic heterocycles. The predicted octanol–water partition coefficient (Wildman–Crippen LogP) is 0.343. The van der Waals surface area contributed by atoms with Crippen LogP contribution in [0.3, 0.4) is 0 Å². The van der Waals surface area contributed by atoms with Crippen molar-refractivity contribution in [2.45, 2.75) is 18.1 Å². The number of hydrogen-bond acceptors (Lipinski definition) is 5. The van der Waals surface area contributed by atoms with Gasteiger partial charge in [0, 0.05) is 38.4 Å². The SMILES string of the molecule is O=S(=O)(C1CC1)N1CCN(c2ccn3nccc3n2)CC1. The van der Waals surface area contributed by atoms with Crippen molar-refractivity contribution in [2.24, 2.45) is 0 Å². The normalized spacial score (nSPS) is 21.0. The third-order valence-corrected chi connectivity index (χ3v) is 6.51. The van der Waals surface area contributed by atoms with Crippen LogP contribution in [0.2, 0.25) is 0 Å². The van der Waals surface area contributed by atoms with Crippen LogP contribution in [0.5, 0.6) is 0 Å². The Hall–Kier alpha value is -1.67. The molecule has 1 saturated heterocycles. The Morgan fingerprint density at radius 1 is 1.10 bits per heavy atom. The zero-order valence-corrected chi connectivity index (χ0v) is 12.4. The standard InChI is InChI=1S/C13H17N5O2S/c19-21(20,11-1-2-11)17-9-7-16(8-10-17)12-4-6-18-13(15-12)3-5-14-18/h3-6,11H,1-2,7-10H2. The maximum Gasteiger partial charge on any atom is 0.217 e. The van der Waals surface area contributed by atoms with Crippen molar-refractivity contribution in [3.05, 3.63) is 24.5 Å². The van der Waals surface area contributed by atoms with E-state index < -0.39 is 10.0 Å². The number of hydrogen-bond donors (Lipinski definition) is 0. The lowest BCUT2D eigenvalue weighted by atomic mass is 10.3. The quantitative estimate of drug-likeness (QED) is 0.818. The first-order chi connectivity index (χ1) is 10.1. The molecule has 0 aromatic carbocycles. The number of aromatic nitrogens is 3.